The van der Waals surface area contributed by atoms with Crippen LogP contribution in [0.15, 0.2) is 53.4 Å². The number of hydrogen-bond donors (Lipinski definition) is 0. The van der Waals surface area contributed by atoms with Crippen LogP contribution < -0.4 is 4.74 Å². The number of ether oxygens (including phenoxy) is 1. The van der Waals surface area contributed by atoms with Crippen molar-refractivity contribution >= 4 is 22.8 Å². The van der Waals surface area contributed by atoms with E-state index in [2.05, 4.69) is 15.0 Å². The molecule has 0 aliphatic heterocycles. The van der Waals surface area contributed by atoms with Gasteiger partial charge in [-0.2, -0.15) is 0 Å². The quantitative estimate of drug-likeness (QED) is 0.529. The van der Waals surface area contributed by atoms with Crippen LogP contribution in [0.5, 0.6) is 5.75 Å². The summed E-state index contributed by atoms with van der Waals surface area (Å²) in [4.78, 5) is 13.0. The SMILES string of the molecule is COc1ccc(Cn2c(Cl)nc3c(-c4ccco4)ncnc32)cc1. The summed E-state index contributed by atoms with van der Waals surface area (Å²) in [6.45, 7) is 0.550. The topological polar surface area (TPSA) is 66.0 Å². The number of imidazole rings is 1. The molecule has 4 rings (SSSR count). The molecule has 0 fully saturated rings. The first-order valence-corrected chi connectivity index (χ1v) is 7.67. The van der Waals surface area contributed by atoms with Crippen molar-refractivity contribution in [2.45, 2.75) is 6.54 Å². The van der Waals surface area contributed by atoms with Crippen molar-refractivity contribution in [3.05, 3.63) is 59.8 Å². The van der Waals surface area contributed by atoms with Crippen LogP contribution in [-0.2, 0) is 6.54 Å². The van der Waals surface area contributed by atoms with Crippen molar-refractivity contribution in [2.75, 3.05) is 7.11 Å². The Morgan fingerprint density at radius 3 is 2.71 bits per heavy atom. The third-order valence-electron chi connectivity index (χ3n) is 3.74. The Morgan fingerprint density at radius 1 is 1.17 bits per heavy atom. The smallest absolute Gasteiger partial charge is 0.205 e. The van der Waals surface area contributed by atoms with Gasteiger partial charge in [-0.3, -0.25) is 4.57 Å². The standard InChI is InChI=1S/C17H13ClN4O2/c1-23-12-6-4-11(5-7-12)9-22-16-15(21-17(22)18)14(19-10-20-16)13-3-2-8-24-13/h2-8,10H,9H2,1H3. The average Bonchev–Trinajstić information content (AvgIpc) is 3.24. The lowest BCUT2D eigenvalue weighted by molar-refractivity contribution is 0.414. The number of furan rings is 1. The van der Waals surface area contributed by atoms with E-state index in [9.17, 15) is 0 Å². The molecular formula is C17H13ClN4O2. The first-order valence-electron chi connectivity index (χ1n) is 7.30. The van der Waals surface area contributed by atoms with Crippen molar-refractivity contribution in [3.63, 3.8) is 0 Å². The molecule has 0 atom stereocenters. The molecule has 3 aromatic heterocycles. The van der Waals surface area contributed by atoms with E-state index in [-0.39, 0.29) is 0 Å². The van der Waals surface area contributed by atoms with Crippen molar-refractivity contribution in [3.8, 4) is 17.2 Å². The number of fused-ring (bicyclic) bond motifs is 1. The number of halogens is 1. The molecule has 0 bridgehead atoms. The maximum Gasteiger partial charge on any atom is 0.205 e. The van der Waals surface area contributed by atoms with Gasteiger partial charge in [0, 0.05) is 0 Å². The number of hydrogen-bond acceptors (Lipinski definition) is 5. The highest BCUT2D eigenvalue weighted by Crippen LogP contribution is 2.28. The second-order valence-corrected chi connectivity index (χ2v) is 5.52. The molecule has 1 aromatic carbocycles. The molecule has 120 valence electrons. The van der Waals surface area contributed by atoms with Crippen LogP contribution in [0, 0.1) is 0 Å². The summed E-state index contributed by atoms with van der Waals surface area (Å²) in [5.41, 5.74) is 2.97. The predicted octanol–water partition coefficient (Wildman–Crippen LogP) is 3.80. The minimum absolute atomic E-state index is 0.356. The van der Waals surface area contributed by atoms with E-state index in [0.717, 1.165) is 11.3 Å². The summed E-state index contributed by atoms with van der Waals surface area (Å²) < 4.78 is 12.4. The molecule has 0 saturated heterocycles. The number of aromatic nitrogens is 4. The summed E-state index contributed by atoms with van der Waals surface area (Å²) in [7, 11) is 1.64. The number of rotatable bonds is 4. The maximum absolute atomic E-state index is 6.34. The normalized spacial score (nSPS) is 11.1. The highest BCUT2D eigenvalue weighted by atomic mass is 35.5. The van der Waals surface area contributed by atoms with E-state index >= 15 is 0 Å². The van der Waals surface area contributed by atoms with E-state index in [1.165, 1.54) is 6.33 Å². The zero-order valence-corrected chi connectivity index (χ0v) is 13.6. The van der Waals surface area contributed by atoms with Crippen LogP contribution in [0.3, 0.4) is 0 Å². The zero-order chi connectivity index (χ0) is 16.5. The van der Waals surface area contributed by atoms with E-state index in [0.29, 0.717) is 34.4 Å². The van der Waals surface area contributed by atoms with Crippen molar-refractivity contribution < 1.29 is 9.15 Å². The van der Waals surface area contributed by atoms with Gasteiger partial charge in [0.15, 0.2) is 11.4 Å². The van der Waals surface area contributed by atoms with Crippen LogP contribution in [0.25, 0.3) is 22.6 Å². The van der Waals surface area contributed by atoms with Crippen LogP contribution in [0.4, 0.5) is 0 Å². The maximum atomic E-state index is 6.34. The zero-order valence-electron chi connectivity index (χ0n) is 12.8. The Labute approximate surface area is 142 Å². The predicted molar refractivity (Wildman–Crippen MR) is 90.1 cm³/mol. The molecule has 6 nitrogen and oxygen atoms in total. The molecule has 0 spiro atoms. The van der Waals surface area contributed by atoms with Crippen molar-refractivity contribution in [1.29, 1.82) is 0 Å². The third-order valence-corrected chi connectivity index (χ3v) is 4.03. The number of methoxy groups -OCH3 is 1. The van der Waals surface area contributed by atoms with Gasteiger partial charge < -0.3 is 9.15 Å². The lowest BCUT2D eigenvalue weighted by Crippen LogP contribution is -2.01. The Morgan fingerprint density at radius 2 is 2.00 bits per heavy atom. The van der Waals surface area contributed by atoms with Crippen molar-refractivity contribution in [1.82, 2.24) is 19.5 Å². The van der Waals surface area contributed by atoms with E-state index in [1.54, 1.807) is 19.4 Å². The summed E-state index contributed by atoms with van der Waals surface area (Å²) in [6.07, 6.45) is 3.09. The second-order valence-electron chi connectivity index (χ2n) is 5.19. The van der Waals surface area contributed by atoms with Gasteiger partial charge >= 0.3 is 0 Å². The lowest BCUT2D eigenvalue weighted by Gasteiger charge is -2.06. The fraction of sp³-hybridized carbons (Fsp3) is 0.118. The molecule has 0 aliphatic rings. The largest absolute Gasteiger partial charge is 0.497 e. The van der Waals surface area contributed by atoms with Gasteiger partial charge in [-0.1, -0.05) is 12.1 Å². The van der Waals surface area contributed by atoms with Gasteiger partial charge in [0.05, 0.1) is 19.9 Å². The van der Waals surface area contributed by atoms with Gasteiger partial charge in [0.2, 0.25) is 5.28 Å². The monoisotopic (exact) mass is 340 g/mol. The van der Waals surface area contributed by atoms with Gasteiger partial charge in [0.1, 0.15) is 23.3 Å². The minimum atomic E-state index is 0.356. The number of benzene rings is 1. The lowest BCUT2D eigenvalue weighted by atomic mass is 10.2. The summed E-state index contributed by atoms with van der Waals surface area (Å²) in [6, 6.07) is 11.4. The van der Waals surface area contributed by atoms with Crippen LogP contribution in [0.2, 0.25) is 5.28 Å². The third kappa shape index (κ3) is 2.51. The van der Waals surface area contributed by atoms with Gasteiger partial charge in [-0.15, -0.1) is 0 Å². The fourth-order valence-electron chi connectivity index (χ4n) is 2.56. The van der Waals surface area contributed by atoms with E-state index in [4.69, 9.17) is 20.8 Å². The summed E-state index contributed by atoms with van der Waals surface area (Å²) in [5.74, 6) is 1.44. The number of nitrogens with zero attached hydrogens (tertiary/aromatic N) is 4. The summed E-state index contributed by atoms with van der Waals surface area (Å²) >= 11 is 6.34. The highest BCUT2D eigenvalue weighted by Gasteiger charge is 2.17. The Bertz CT molecular complexity index is 978. The van der Waals surface area contributed by atoms with Gasteiger partial charge in [-0.25, -0.2) is 15.0 Å². The fourth-order valence-corrected chi connectivity index (χ4v) is 2.78. The van der Waals surface area contributed by atoms with E-state index < -0.39 is 0 Å². The molecule has 0 radical (unpaired) electrons. The molecule has 4 aromatic rings. The molecule has 0 N–H and O–H groups in total. The van der Waals surface area contributed by atoms with Gasteiger partial charge in [0.25, 0.3) is 0 Å². The molecule has 0 amide bonds. The van der Waals surface area contributed by atoms with Crippen molar-refractivity contribution in [2.24, 2.45) is 0 Å². The van der Waals surface area contributed by atoms with Crippen LogP contribution in [-0.4, -0.2) is 26.6 Å². The molecular weight excluding hydrogens is 328 g/mol. The molecule has 0 unspecified atom stereocenters. The minimum Gasteiger partial charge on any atom is -0.497 e. The first-order chi connectivity index (χ1) is 11.8. The molecule has 24 heavy (non-hydrogen) atoms. The molecule has 0 saturated carbocycles. The first kappa shape index (κ1) is 14.7. The van der Waals surface area contributed by atoms with E-state index in [1.807, 2.05) is 34.9 Å². The Hall–Kier alpha value is -2.86. The molecule has 3 heterocycles. The highest BCUT2D eigenvalue weighted by molar-refractivity contribution is 6.29. The summed E-state index contributed by atoms with van der Waals surface area (Å²) in [5, 5.41) is 0.356. The Balaban J connectivity index is 1.78. The molecule has 7 heteroatoms. The van der Waals surface area contributed by atoms with Gasteiger partial charge in [-0.05, 0) is 41.4 Å². The second kappa shape index (κ2) is 5.98. The van der Waals surface area contributed by atoms with Crippen LogP contribution >= 0.6 is 11.6 Å². The van der Waals surface area contributed by atoms with Crippen LogP contribution in [0.1, 0.15) is 5.56 Å². The average molecular weight is 341 g/mol. The Kier molecular flexibility index (Phi) is 3.66. The molecule has 0 aliphatic carbocycles.